The predicted molar refractivity (Wildman–Crippen MR) is 101 cm³/mol. The molecule has 0 aromatic rings. The Bertz CT molecular complexity index is 505. The number of methoxy groups -OCH3 is 4. The monoisotopic (exact) mass is 384 g/mol. The number of piperidine rings is 2. The molecule has 2 saturated heterocycles. The first-order chi connectivity index (χ1) is 13.1. The van der Waals surface area contributed by atoms with E-state index in [-0.39, 0.29) is 24.4 Å². The predicted octanol–water partition coefficient (Wildman–Crippen LogP) is 0.131. The Hall–Kier alpha value is -0.240. The molecule has 0 amide bonds. The van der Waals surface area contributed by atoms with Crippen LogP contribution >= 0.6 is 0 Å². The Morgan fingerprint density at radius 3 is 2.15 bits per heavy atom. The van der Waals surface area contributed by atoms with Crippen molar-refractivity contribution in [3.05, 3.63) is 0 Å². The van der Waals surface area contributed by atoms with Crippen molar-refractivity contribution in [1.29, 1.82) is 0 Å². The number of fused-ring (bicyclic) bond motifs is 4. The fourth-order valence-corrected chi connectivity index (χ4v) is 7.18. The van der Waals surface area contributed by atoms with Gasteiger partial charge in [-0.25, -0.2) is 0 Å². The van der Waals surface area contributed by atoms with Crippen LogP contribution in [0.3, 0.4) is 0 Å². The lowest BCUT2D eigenvalue weighted by molar-refractivity contribution is -0.948. The van der Waals surface area contributed by atoms with Crippen molar-refractivity contribution in [2.75, 3.05) is 41.5 Å². The lowest BCUT2D eigenvalue weighted by Crippen LogP contribution is -3.20. The van der Waals surface area contributed by atoms with Crippen LogP contribution in [-0.2, 0) is 18.9 Å². The van der Waals surface area contributed by atoms with Gasteiger partial charge >= 0.3 is 0 Å². The molecular formula is C21H38NO5+. The average molecular weight is 385 g/mol. The molecule has 0 bridgehead atoms. The maximum Gasteiger partial charge on any atom is 0.109 e. The highest BCUT2D eigenvalue weighted by Crippen LogP contribution is 2.44. The maximum atomic E-state index is 11.0. The molecule has 0 aromatic carbocycles. The second kappa shape index (κ2) is 8.25. The molecule has 0 radical (unpaired) electrons. The van der Waals surface area contributed by atoms with Gasteiger partial charge in [0.15, 0.2) is 0 Å². The summed E-state index contributed by atoms with van der Waals surface area (Å²) in [5.74, 6) is 2.18. The molecule has 4 rings (SSSR count). The van der Waals surface area contributed by atoms with Crippen molar-refractivity contribution in [3.8, 4) is 0 Å². The quantitative estimate of drug-likeness (QED) is 0.722. The summed E-state index contributed by atoms with van der Waals surface area (Å²) in [6, 6.07) is 0.631. The van der Waals surface area contributed by atoms with Gasteiger partial charge in [-0.05, 0) is 25.2 Å². The van der Waals surface area contributed by atoms with Crippen molar-refractivity contribution in [1.82, 2.24) is 0 Å². The molecule has 2 aliphatic carbocycles. The van der Waals surface area contributed by atoms with Crippen molar-refractivity contribution in [3.63, 3.8) is 0 Å². The van der Waals surface area contributed by atoms with Crippen LogP contribution in [-0.4, -0.2) is 83.2 Å². The summed E-state index contributed by atoms with van der Waals surface area (Å²) < 4.78 is 23.0. The van der Waals surface area contributed by atoms with Crippen LogP contribution in [0.4, 0.5) is 0 Å². The standard InChI is InChI=1S/C21H37NO5/c1-24-17-6-5-12-9-16-14-10-18(25-2)21(27-4)19(23)13(14)7-8-22(16)11-15(12)20(17)26-3/h12-21,23H,5-11H2,1-4H3/p+1. The van der Waals surface area contributed by atoms with Gasteiger partial charge in [0.05, 0.1) is 43.5 Å². The minimum absolute atomic E-state index is 0.000672. The summed E-state index contributed by atoms with van der Waals surface area (Å²) in [5.41, 5.74) is 0. The molecule has 0 spiro atoms. The van der Waals surface area contributed by atoms with Crippen molar-refractivity contribution < 1.29 is 29.0 Å². The van der Waals surface area contributed by atoms with Gasteiger partial charge in [-0.15, -0.1) is 0 Å². The Labute approximate surface area is 163 Å². The lowest BCUT2D eigenvalue weighted by atomic mass is 9.61. The first-order valence-corrected chi connectivity index (χ1v) is 10.8. The second-order valence-corrected chi connectivity index (χ2v) is 9.25. The summed E-state index contributed by atoms with van der Waals surface area (Å²) >= 11 is 0. The molecular weight excluding hydrogens is 346 g/mol. The van der Waals surface area contributed by atoms with E-state index in [2.05, 4.69) is 0 Å². The minimum Gasteiger partial charge on any atom is -0.390 e. The van der Waals surface area contributed by atoms with Crippen LogP contribution in [0.5, 0.6) is 0 Å². The fourth-order valence-electron chi connectivity index (χ4n) is 7.18. The van der Waals surface area contributed by atoms with E-state index in [0.29, 0.717) is 29.7 Å². The number of ether oxygens (including phenoxy) is 4. The Balaban J connectivity index is 1.52. The molecule has 2 heterocycles. The lowest BCUT2D eigenvalue weighted by Gasteiger charge is -2.56. The van der Waals surface area contributed by atoms with Gasteiger partial charge in [-0.2, -0.15) is 0 Å². The van der Waals surface area contributed by atoms with Gasteiger partial charge in [0.25, 0.3) is 0 Å². The van der Waals surface area contributed by atoms with Crippen molar-refractivity contribution in [2.24, 2.45) is 23.7 Å². The number of rotatable bonds is 4. The molecule has 2 saturated carbocycles. The smallest absolute Gasteiger partial charge is 0.109 e. The largest absolute Gasteiger partial charge is 0.390 e. The van der Waals surface area contributed by atoms with E-state index in [9.17, 15) is 5.11 Å². The van der Waals surface area contributed by atoms with Gasteiger partial charge in [0, 0.05) is 59.0 Å². The first-order valence-electron chi connectivity index (χ1n) is 10.8. The van der Waals surface area contributed by atoms with E-state index in [4.69, 9.17) is 18.9 Å². The molecule has 0 aromatic heterocycles. The first kappa shape index (κ1) is 20.0. The van der Waals surface area contributed by atoms with Gasteiger partial charge < -0.3 is 29.0 Å². The summed E-state index contributed by atoms with van der Waals surface area (Å²) in [5, 5.41) is 11.0. The third kappa shape index (κ3) is 3.36. The second-order valence-electron chi connectivity index (χ2n) is 9.25. The van der Waals surface area contributed by atoms with Crippen molar-refractivity contribution in [2.45, 2.75) is 68.7 Å². The molecule has 11 unspecified atom stereocenters. The summed E-state index contributed by atoms with van der Waals surface area (Å²) in [6.07, 6.45) is 5.54. The zero-order valence-corrected chi connectivity index (χ0v) is 17.3. The molecule has 6 nitrogen and oxygen atoms in total. The van der Waals surface area contributed by atoms with E-state index in [1.807, 2.05) is 14.2 Å². The highest BCUT2D eigenvalue weighted by atomic mass is 16.5. The topological polar surface area (TPSA) is 61.6 Å². The molecule has 27 heavy (non-hydrogen) atoms. The fraction of sp³-hybridized carbons (Fsp3) is 1.00. The van der Waals surface area contributed by atoms with E-state index in [1.54, 1.807) is 19.1 Å². The van der Waals surface area contributed by atoms with Gasteiger partial charge in [0.2, 0.25) is 0 Å². The number of aliphatic hydroxyl groups is 1. The highest BCUT2D eigenvalue weighted by molar-refractivity contribution is 5.01. The van der Waals surface area contributed by atoms with Gasteiger partial charge in [-0.3, -0.25) is 0 Å². The molecule has 6 heteroatoms. The number of hydrogen-bond donors (Lipinski definition) is 2. The number of nitrogens with one attached hydrogen (secondary N) is 1. The van der Waals surface area contributed by atoms with E-state index >= 15 is 0 Å². The third-order valence-corrected chi connectivity index (χ3v) is 8.46. The Morgan fingerprint density at radius 2 is 1.48 bits per heavy atom. The average Bonchev–Trinajstić information content (AvgIpc) is 2.70. The minimum atomic E-state index is -0.408. The number of quaternary nitrogens is 1. The van der Waals surface area contributed by atoms with Crippen LogP contribution < -0.4 is 4.90 Å². The molecule has 4 fully saturated rings. The van der Waals surface area contributed by atoms with E-state index in [1.165, 1.54) is 19.4 Å². The van der Waals surface area contributed by atoms with Crippen LogP contribution in [0.15, 0.2) is 0 Å². The summed E-state index contributed by atoms with van der Waals surface area (Å²) in [7, 11) is 7.12. The molecule has 2 N–H and O–H groups in total. The third-order valence-electron chi connectivity index (χ3n) is 8.46. The van der Waals surface area contributed by atoms with Gasteiger partial charge in [-0.1, -0.05) is 0 Å². The van der Waals surface area contributed by atoms with Crippen LogP contribution in [0.1, 0.15) is 32.1 Å². The Morgan fingerprint density at radius 1 is 0.741 bits per heavy atom. The molecule has 4 aliphatic rings. The Kier molecular flexibility index (Phi) is 6.12. The summed E-state index contributed by atoms with van der Waals surface area (Å²) in [6.45, 7) is 2.33. The number of hydrogen-bond acceptors (Lipinski definition) is 5. The SMILES string of the molecule is COC1CC2C(CC[NH+]3CC4C(CCC(OC)C4OC)CC23)C(O)C1OC. The van der Waals surface area contributed by atoms with Crippen molar-refractivity contribution >= 4 is 0 Å². The number of aliphatic hydroxyl groups excluding tert-OH is 1. The molecule has 2 aliphatic heterocycles. The van der Waals surface area contributed by atoms with E-state index in [0.717, 1.165) is 25.8 Å². The van der Waals surface area contributed by atoms with Crippen LogP contribution in [0.25, 0.3) is 0 Å². The summed E-state index contributed by atoms with van der Waals surface area (Å²) in [4.78, 5) is 1.72. The van der Waals surface area contributed by atoms with Gasteiger partial charge in [0.1, 0.15) is 6.10 Å². The normalized spacial score (nSPS) is 52.6. The zero-order valence-electron chi connectivity index (χ0n) is 17.3. The van der Waals surface area contributed by atoms with Crippen LogP contribution in [0.2, 0.25) is 0 Å². The zero-order chi connectivity index (χ0) is 19.1. The molecule has 11 atom stereocenters. The highest BCUT2D eigenvalue weighted by Gasteiger charge is 2.56. The van der Waals surface area contributed by atoms with Crippen LogP contribution in [0, 0.1) is 23.7 Å². The van der Waals surface area contributed by atoms with E-state index < -0.39 is 6.10 Å². The molecule has 156 valence electrons. The maximum absolute atomic E-state index is 11.0.